The number of aromatic nitrogens is 1. The van der Waals surface area contributed by atoms with Crippen molar-refractivity contribution in [1.29, 1.82) is 0 Å². The number of nitrogens with one attached hydrogen (secondary N) is 1. The Morgan fingerprint density at radius 1 is 1.11 bits per heavy atom. The van der Waals surface area contributed by atoms with Crippen LogP contribution in [0.4, 0.5) is 0 Å². The minimum Gasteiger partial charge on any atom is -0.379 e. The highest BCUT2D eigenvalue weighted by Gasteiger charge is 2.38. The van der Waals surface area contributed by atoms with Gasteiger partial charge in [0.05, 0.1) is 12.1 Å². The fourth-order valence-corrected chi connectivity index (χ4v) is 4.12. The van der Waals surface area contributed by atoms with Gasteiger partial charge in [-0.2, -0.15) is 0 Å². The number of benzene rings is 2. The summed E-state index contributed by atoms with van der Waals surface area (Å²) in [5.74, 6) is 0.116. The first-order chi connectivity index (χ1) is 13.1. The number of rotatable bonds is 6. The van der Waals surface area contributed by atoms with Gasteiger partial charge in [-0.25, -0.2) is 0 Å². The largest absolute Gasteiger partial charge is 0.379 e. The third-order valence-corrected chi connectivity index (χ3v) is 5.27. The number of fused-ring (bicyclic) bond motifs is 2. The molecule has 4 nitrogen and oxygen atoms in total. The van der Waals surface area contributed by atoms with Gasteiger partial charge in [-0.05, 0) is 44.9 Å². The Bertz CT molecular complexity index is 973. The number of amides is 1. The molecule has 0 radical (unpaired) electrons. The van der Waals surface area contributed by atoms with Crippen molar-refractivity contribution in [3.05, 3.63) is 70.9 Å². The lowest BCUT2D eigenvalue weighted by molar-refractivity contribution is 0.0605. The summed E-state index contributed by atoms with van der Waals surface area (Å²) in [4.78, 5) is 18.7. The van der Waals surface area contributed by atoms with Crippen LogP contribution in [0.2, 0.25) is 0 Å². The molecule has 4 heteroatoms. The average Bonchev–Trinajstić information content (AvgIpc) is 3.12. The number of H-pyrrole nitrogens is 1. The molecule has 1 N–H and O–H groups in total. The third kappa shape index (κ3) is 3.15. The highest BCUT2D eigenvalue weighted by atomic mass is 16.5. The number of carbonyl (C=O) groups is 1. The molecule has 1 aliphatic rings. The van der Waals surface area contributed by atoms with Crippen LogP contribution < -0.4 is 0 Å². The molecular weight excluding hydrogens is 336 g/mol. The monoisotopic (exact) mass is 362 g/mol. The molecular formula is C23H26N2O2. The molecule has 4 rings (SSSR count). The van der Waals surface area contributed by atoms with E-state index in [1.54, 1.807) is 0 Å². The van der Waals surface area contributed by atoms with Crippen LogP contribution >= 0.6 is 0 Å². The summed E-state index contributed by atoms with van der Waals surface area (Å²) in [7, 11) is 0. The van der Waals surface area contributed by atoms with E-state index in [1.165, 1.54) is 10.9 Å². The van der Waals surface area contributed by atoms with Crippen LogP contribution in [0.25, 0.3) is 10.9 Å². The van der Waals surface area contributed by atoms with E-state index in [1.807, 2.05) is 43.0 Å². The molecule has 0 spiro atoms. The van der Waals surface area contributed by atoms with Crippen LogP contribution in [0.15, 0.2) is 48.5 Å². The van der Waals surface area contributed by atoms with E-state index < -0.39 is 0 Å². The summed E-state index contributed by atoms with van der Waals surface area (Å²) < 4.78 is 5.69. The number of carbonyl (C=O) groups excluding carboxylic acids is 1. The molecule has 3 aromatic rings. The molecule has 1 aromatic heterocycles. The number of aromatic amines is 1. The molecule has 0 bridgehead atoms. The van der Waals surface area contributed by atoms with Crippen molar-refractivity contribution in [3.8, 4) is 0 Å². The number of ether oxygens (including phenoxy) is 1. The van der Waals surface area contributed by atoms with Gasteiger partial charge in [0.25, 0.3) is 5.91 Å². The highest BCUT2D eigenvalue weighted by molar-refractivity contribution is 6.01. The lowest BCUT2D eigenvalue weighted by Crippen LogP contribution is -2.31. The molecule has 2 heterocycles. The first kappa shape index (κ1) is 17.8. The summed E-state index contributed by atoms with van der Waals surface area (Å²) in [6.45, 7) is 7.52. The molecule has 1 atom stereocenters. The van der Waals surface area contributed by atoms with Gasteiger partial charge in [0.15, 0.2) is 0 Å². The van der Waals surface area contributed by atoms with Crippen molar-refractivity contribution in [3.63, 3.8) is 0 Å². The van der Waals surface area contributed by atoms with Crippen molar-refractivity contribution >= 4 is 16.8 Å². The highest BCUT2D eigenvalue weighted by Crippen LogP contribution is 2.42. The lowest BCUT2D eigenvalue weighted by Gasteiger charge is -2.26. The van der Waals surface area contributed by atoms with Crippen LogP contribution in [0.5, 0.6) is 0 Å². The van der Waals surface area contributed by atoms with E-state index in [4.69, 9.17) is 4.74 Å². The van der Waals surface area contributed by atoms with Crippen LogP contribution in [-0.2, 0) is 4.74 Å². The summed E-state index contributed by atoms with van der Waals surface area (Å²) in [5, 5.41) is 1.19. The molecule has 0 fully saturated rings. The molecule has 0 aliphatic carbocycles. The number of para-hydroxylation sites is 1. The second-order valence-corrected chi connectivity index (χ2v) is 7.47. The van der Waals surface area contributed by atoms with E-state index in [-0.39, 0.29) is 18.1 Å². The molecule has 1 aliphatic heterocycles. The average molecular weight is 362 g/mol. The van der Waals surface area contributed by atoms with Gasteiger partial charge in [0.2, 0.25) is 0 Å². The van der Waals surface area contributed by atoms with Gasteiger partial charge in [-0.15, -0.1) is 0 Å². The van der Waals surface area contributed by atoms with Crippen molar-refractivity contribution in [2.45, 2.75) is 39.3 Å². The standard InChI is InChI=1S/C23H26N2O2/c1-15(2)27-14-8-13-25-22(17-9-4-5-10-18(17)23(25)26)21-16(3)24-20-12-7-6-11-19(20)21/h4-7,9-12,15,22,24H,8,13-14H2,1-3H3/t22-/m1/s1. The molecule has 140 valence electrons. The van der Waals surface area contributed by atoms with E-state index in [0.717, 1.165) is 28.8 Å². The minimum absolute atomic E-state index is 0.0519. The maximum Gasteiger partial charge on any atom is 0.255 e. The van der Waals surface area contributed by atoms with Crippen LogP contribution in [0, 0.1) is 6.92 Å². The first-order valence-electron chi connectivity index (χ1n) is 9.66. The van der Waals surface area contributed by atoms with Gasteiger partial charge < -0.3 is 14.6 Å². The normalized spacial score (nSPS) is 16.5. The Kier molecular flexibility index (Phi) is 4.75. The van der Waals surface area contributed by atoms with E-state index in [2.05, 4.69) is 36.2 Å². The Labute approximate surface area is 160 Å². The van der Waals surface area contributed by atoms with Crippen molar-refractivity contribution < 1.29 is 9.53 Å². The second-order valence-electron chi connectivity index (χ2n) is 7.47. The summed E-state index contributed by atoms with van der Waals surface area (Å²) in [6.07, 6.45) is 1.04. The lowest BCUT2D eigenvalue weighted by atomic mass is 9.95. The maximum atomic E-state index is 13.2. The zero-order valence-corrected chi connectivity index (χ0v) is 16.2. The zero-order valence-electron chi connectivity index (χ0n) is 16.2. The Morgan fingerprint density at radius 2 is 1.85 bits per heavy atom. The Morgan fingerprint density at radius 3 is 2.67 bits per heavy atom. The molecule has 0 saturated carbocycles. The number of hydrogen-bond donors (Lipinski definition) is 1. The van der Waals surface area contributed by atoms with Crippen molar-refractivity contribution in [2.75, 3.05) is 13.2 Å². The topological polar surface area (TPSA) is 45.3 Å². The molecule has 27 heavy (non-hydrogen) atoms. The first-order valence-corrected chi connectivity index (χ1v) is 9.66. The predicted octanol–water partition coefficient (Wildman–Crippen LogP) is 4.84. The summed E-state index contributed by atoms with van der Waals surface area (Å²) in [5.41, 5.74) is 5.35. The third-order valence-electron chi connectivity index (χ3n) is 5.27. The van der Waals surface area contributed by atoms with Gasteiger partial charge >= 0.3 is 0 Å². The number of aryl methyl sites for hydroxylation is 1. The van der Waals surface area contributed by atoms with Crippen LogP contribution in [-0.4, -0.2) is 35.0 Å². The second kappa shape index (κ2) is 7.20. The fourth-order valence-electron chi connectivity index (χ4n) is 4.12. The van der Waals surface area contributed by atoms with E-state index >= 15 is 0 Å². The quantitative estimate of drug-likeness (QED) is 0.638. The fraction of sp³-hybridized carbons (Fsp3) is 0.348. The molecule has 1 amide bonds. The number of hydrogen-bond acceptors (Lipinski definition) is 2. The minimum atomic E-state index is -0.0519. The summed E-state index contributed by atoms with van der Waals surface area (Å²) >= 11 is 0. The van der Waals surface area contributed by atoms with Crippen LogP contribution in [0.3, 0.4) is 0 Å². The summed E-state index contributed by atoms with van der Waals surface area (Å²) in [6, 6.07) is 16.3. The predicted molar refractivity (Wildman–Crippen MR) is 108 cm³/mol. The molecule has 2 aromatic carbocycles. The van der Waals surface area contributed by atoms with Crippen molar-refractivity contribution in [2.24, 2.45) is 0 Å². The Hall–Kier alpha value is -2.59. The van der Waals surface area contributed by atoms with E-state index in [0.29, 0.717) is 13.2 Å². The molecule has 0 saturated heterocycles. The van der Waals surface area contributed by atoms with Gasteiger partial charge in [-0.3, -0.25) is 4.79 Å². The van der Waals surface area contributed by atoms with Crippen molar-refractivity contribution in [1.82, 2.24) is 9.88 Å². The van der Waals surface area contributed by atoms with Gasteiger partial charge in [0, 0.05) is 40.9 Å². The van der Waals surface area contributed by atoms with Gasteiger partial charge in [-0.1, -0.05) is 36.4 Å². The smallest absolute Gasteiger partial charge is 0.255 e. The van der Waals surface area contributed by atoms with Gasteiger partial charge in [0.1, 0.15) is 0 Å². The SMILES string of the molecule is Cc1[nH]c2ccccc2c1[C@H]1c2ccccc2C(=O)N1CCCOC(C)C. The maximum absolute atomic E-state index is 13.2. The molecule has 0 unspecified atom stereocenters. The number of nitrogens with zero attached hydrogens (tertiary/aromatic N) is 1. The Balaban J connectivity index is 1.74. The van der Waals surface area contributed by atoms with Crippen LogP contribution in [0.1, 0.15) is 53.5 Å². The zero-order chi connectivity index (χ0) is 19.0. The van der Waals surface area contributed by atoms with E-state index in [9.17, 15) is 4.79 Å².